The molecule has 0 atom stereocenters. The number of methoxy groups -OCH3 is 1. The van der Waals surface area contributed by atoms with Crippen molar-refractivity contribution in [3.8, 4) is 17.0 Å². The summed E-state index contributed by atoms with van der Waals surface area (Å²) >= 11 is 1.46. The van der Waals surface area contributed by atoms with Gasteiger partial charge in [-0.1, -0.05) is 13.3 Å². The number of hydrogen-bond donors (Lipinski definition) is 2. The minimum atomic E-state index is 0.242. The first kappa shape index (κ1) is 16.5. The summed E-state index contributed by atoms with van der Waals surface area (Å²) < 4.78 is 5.17. The molecule has 2 heterocycles. The van der Waals surface area contributed by atoms with E-state index in [9.17, 15) is 5.11 Å². The molecule has 0 radical (unpaired) electrons. The van der Waals surface area contributed by atoms with Gasteiger partial charge in [-0.2, -0.15) is 0 Å². The van der Waals surface area contributed by atoms with Gasteiger partial charge in [0, 0.05) is 17.5 Å². The second kappa shape index (κ2) is 7.05. The van der Waals surface area contributed by atoms with Gasteiger partial charge in [0.1, 0.15) is 22.4 Å². The van der Waals surface area contributed by atoms with Gasteiger partial charge >= 0.3 is 0 Å². The van der Waals surface area contributed by atoms with Crippen molar-refractivity contribution in [2.75, 3.05) is 20.2 Å². The zero-order valence-corrected chi connectivity index (χ0v) is 14.7. The molecule has 126 valence electrons. The van der Waals surface area contributed by atoms with Gasteiger partial charge < -0.3 is 14.7 Å². The van der Waals surface area contributed by atoms with Crippen molar-refractivity contribution < 1.29 is 9.84 Å². The molecule has 0 bridgehead atoms. The van der Waals surface area contributed by atoms with E-state index in [4.69, 9.17) is 10.1 Å². The number of rotatable bonds is 6. The van der Waals surface area contributed by atoms with Crippen LogP contribution in [0.2, 0.25) is 0 Å². The molecule has 1 aliphatic rings. The summed E-state index contributed by atoms with van der Waals surface area (Å²) in [4.78, 5) is 6.53. The maximum Gasteiger partial charge on any atom is 0.135 e. The minimum absolute atomic E-state index is 0.242. The SMILES string of the molecule is CCCCN1CC(O)=C(c2nc(-c3ccc(OC)cc3)cs2)C1=N. The number of thiazole rings is 1. The molecule has 2 N–H and O–H groups in total. The first-order valence-electron chi connectivity index (χ1n) is 8.00. The molecule has 0 saturated carbocycles. The van der Waals surface area contributed by atoms with E-state index in [1.807, 2.05) is 34.5 Å². The van der Waals surface area contributed by atoms with Gasteiger partial charge in [0.25, 0.3) is 0 Å². The van der Waals surface area contributed by atoms with Gasteiger partial charge in [0.05, 0.1) is 24.9 Å². The molecule has 1 aromatic heterocycles. The molecule has 0 aliphatic carbocycles. The number of aromatic nitrogens is 1. The minimum Gasteiger partial charge on any atom is -0.510 e. The van der Waals surface area contributed by atoms with Crippen LogP contribution in [0.1, 0.15) is 24.8 Å². The van der Waals surface area contributed by atoms with Crippen LogP contribution in [0.25, 0.3) is 16.8 Å². The summed E-state index contributed by atoms with van der Waals surface area (Å²) in [6, 6.07) is 7.71. The van der Waals surface area contributed by atoms with Crippen LogP contribution in [-0.4, -0.2) is 41.0 Å². The summed E-state index contributed by atoms with van der Waals surface area (Å²) in [5, 5.41) is 21.3. The summed E-state index contributed by atoms with van der Waals surface area (Å²) in [5.74, 6) is 1.42. The van der Waals surface area contributed by atoms with Crippen molar-refractivity contribution in [3.63, 3.8) is 0 Å². The lowest BCUT2D eigenvalue weighted by Crippen LogP contribution is -2.27. The van der Waals surface area contributed by atoms with E-state index in [0.717, 1.165) is 36.4 Å². The third-order valence-electron chi connectivity index (χ3n) is 4.07. The predicted molar refractivity (Wildman–Crippen MR) is 97.9 cm³/mol. The van der Waals surface area contributed by atoms with Crippen LogP contribution < -0.4 is 4.74 Å². The fraction of sp³-hybridized carbons (Fsp3) is 0.333. The van der Waals surface area contributed by atoms with E-state index in [2.05, 4.69) is 11.9 Å². The lowest BCUT2D eigenvalue weighted by molar-refractivity contribution is 0.347. The van der Waals surface area contributed by atoms with Crippen LogP contribution in [0.3, 0.4) is 0 Å². The Labute approximate surface area is 145 Å². The molecular formula is C18H21N3O2S. The van der Waals surface area contributed by atoms with E-state index >= 15 is 0 Å². The zero-order chi connectivity index (χ0) is 17.1. The fourth-order valence-corrected chi connectivity index (χ4v) is 3.58. The molecule has 24 heavy (non-hydrogen) atoms. The number of aliphatic hydroxyl groups excluding tert-OH is 1. The lowest BCUT2D eigenvalue weighted by atomic mass is 10.1. The Balaban J connectivity index is 1.82. The zero-order valence-electron chi connectivity index (χ0n) is 13.9. The summed E-state index contributed by atoms with van der Waals surface area (Å²) in [7, 11) is 1.64. The molecule has 0 spiro atoms. The second-order valence-electron chi connectivity index (χ2n) is 5.71. The predicted octanol–water partition coefficient (Wildman–Crippen LogP) is 4.18. The van der Waals surface area contributed by atoms with Gasteiger partial charge in [-0.05, 0) is 30.7 Å². The quantitative estimate of drug-likeness (QED) is 0.825. The number of hydrogen-bond acceptors (Lipinski definition) is 5. The molecular weight excluding hydrogens is 322 g/mol. The normalized spacial score (nSPS) is 14.6. The third-order valence-corrected chi connectivity index (χ3v) is 4.93. The molecule has 1 aliphatic heterocycles. The van der Waals surface area contributed by atoms with E-state index < -0.39 is 0 Å². The highest BCUT2D eigenvalue weighted by Gasteiger charge is 2.29. The van der Waals surface area contributed by atoms with Crippen LogP contribution in [0.5, 0.6) is 5.75 Å². The van der Waals surface area contributed by atoms with E-state index in [0.29, 0.717) is 23.0 Å². The highest BCUT2D eigenvalue weighted by Crippen LogP contribution is 2.32. The average Bonchev–Trinajstić information content (AvgIpc) is 3.18. The number of benzene rings is 1. The number of nitrogens with zero attached hydrogens (tertiary/aromatic N) is 2. The summed E-state index contributed by atoms with van der Waals surface area (Å²) in [6.45, 7) is 3.32. The monoisotopic (exact) mass is 343 g/mol. The number of aliphatic hydroxyl groups is 1. The number of amidine groups is 1. The Hall–Kier alpha value is -2.34. The number of ether oxygens (including phenoxy) is 1. The van der Waals surface area contributed by atoms with Crippen molar-refractivity contribution in [1.82, 2.24) is 9.88 Å². The average molecular weight is 343 g/mol. The lowest BCUT2D eigenvalue weighted by Gasteiger charge is -2.17. The van der Waals surface area contributed by atoms with Crippen LogP contribution in [-0.2, 0) is 0 Å². The van der Waals surface area contributed by atoms with E-state index in [1.54, 1.807) is 7.11 Å². The molecule has 0 amide bonds. The van der Waals surface area contributed by atoms with Crippen molar-refractivity contribution in [3.05, 3.63) is 40.4 Å². The maximum atomic E-state index is 10.3. The molecule has 5 nitrogen and oxygen atoms in total. The summed E-state index contributed by atoms with van der Waals surface area (Å²) in [5.41, 5.74) is 2.40. The Morgan fingerprint density at radius 3 is 2.75 bits per heavy atom. The molecule has 2 aromatic rings. The van der Waals surface area contributed by atoms with E-state index in [1.165, 1.54) is 11.3 Å². The van der Waals surface area contributed by atoms with Crippen molar-refractivity contribution in [2.45, 2.75) is 19.8 Å². The molecule has 6 heteroatoms. The number of nitrogens with one attached hydrogen (secondary N) is 1. The van der Waals surface area contributed by atoms with Crippen molar-refractivity contribution in [2.24, 2.45) is 0 Å². The Kier molecular flexibility index (Phi) is 4.85. The number of unbranched alkanes of at least 4 members (excludes halogenated alkanes) is 1. The van der Waals surface area contributed by atoms with Crippen LogP contribution in [0.4, 0.5) is 0 Å². The van der Waals surface area contributed by atoms with Crippen LogP contribution in [0.15, 0.2) is 35.4 Å². The van der Waals surface area contributed by atoms with Crippen molar-refractivity contribution >= 4 is 22.7 Å². The Morgan fingerprint density at radius 2 is 2.08 bits per heavy atom. The van der Waals surface area contributed by atoms with E-state index in [-0.39, 0.29) is 5.76 Å². The topological polar surface area (TPSA) is 69.4 Å². The van der Waals surface area contributed by atoms with Gasteiger partial charge in [-0.25, -0.2) is 4.98 Å². The van der Waals surface area contributed by atoms with Crippen LogP contribution >= 0.6 is 11.3 Å². The highest BCUT2D eigenvalue weighted by atomic mass is 32.1. The summed E-state index contributed by atoms with van der Waals surface area (Å²) in [6.07, 6.45) is 2.08. The Bertz CT molecular complexity index is 765. The molecule has 0 saturated heterocycles. The Morgan fingerprint density at radius 1 is 1.33 bits per heavy atom. The van der Waals surface area contributed by atoms with Crippen LogP contribution in [0, 0.1) is 5.41 Å². The molecule has 1 aromatic carbocycles. The molecule has 3 rings (SSSR count). The van der Waals surface area contributed by atoms with Crippen molar-refractivity contribution in [1.29, 1.82) is 5.41 Å². The second-order valence-corrected chi connectivity index (χ2v) is 6.57. The largest absolute Gasteiger partial charge is 0.510 e. The van der Waals surface area contributed by atoms with Gasteiger partial charge in [-0.15, -0.1) is 11.3 Å². The first-order chi connectivity index (χ1) is 11.6. The fourth-order valence-electron chi connectivity index (χ4n) is 2.68. The third kappa shape index (κ3) is 3.14. The van der Waals surface area contributed by atoms with Gasteiger partial charge in [0.2, 0.25) is 0 Å². The molecule has 0 unspecified atom stereocenters. The van der Waals surface area contributed by atoms with Gasteiger partial charge in [0.15, 0.2) is 0 Å². The van der Waals surface area contributed by atoms with Gasteiger partial charge in [-0.3, -0.25) is 5.41 Å². The smallest absolute Gasteiger partial charge is 0.135 e. The standard InChI is InChI=1S/C18H21N3O2S/c1-3-4-9-21-10-15(22)16(17(21)19)18-20-14(11-24-18)12-5-7-13(23-2)8-6-12/h5-8,11,19,22H,3-4,9-10H2,1-2H3. The molecule has 0 fully saturated rings. The first-order valence-corrected chi connectivity index (χ1v) is 8.88. The maximum absolute atomic E-state index is 10.3. The highest BCUT2D eigenvalue weighted by molar-refractivity contribution is 7.11.